The molecule has 1 aliphatic rings. The van der Waals surface area contributed by atoms with Crippen molar-refractivity contribution >= 4 is 17.5 Å². The molecule has 0 saturated carbocycles. The number of benzene rings is 2. The van der Waals surface area contributed by atoms with Crippen molar-refractivity contribution in [2.45, 2.75) is 26.3 Å². The maximum Gasteiger partial charge on any atom is 0.255 e. The van der Waals surface area contributed by atoms with Crippen molar-refractivity contribution in [2.75, 3.05) is 18.6 Å². The quantitative estimate of drug-likeness (QED) is 0.911. The summed E-state index contributed by atoms with van der Waals surface area (Å²) < 4.78 is 5.26. The third-order valence-corrected chi connectivity index (χ3v) is 4.37. The van der Waals surface area contributed by atoms with Crippen LogP contribution in [0.25, 0.3) is 0 Å². The van der Waals surface area contributed by atoms with E-state index in [2.05, 4.69) is 5.32 Å². The summed E-state index contributed by atoms with van der Waals surface area (Å²) in [6, 6.07) is 13.3. The molecule has 1 heterocycles. The molecular formula is C20H22N2O3. The monoisotopic (exact) mass is 338 g/mol. The average Bonchev–Trinajstić information content (AvgIpc) is 3.06. The number of hydrogen-bond acceptors (Lipinski definition) is 3. The highest BCUT2D eigenvalue weighted by atomic mass is 16.5. The molecule has 2 aromatic rings. The number of amides is 2. The summed E-state index contributed by atoms with van der Waals surface area (Å²) in [6.07, 6.45) is 1.53. The number of methoxy groups -OCH3 is 1. The summed E-state index contributed by atoms with van der Waals surface area (Å²) in [4.78, 5) is 26.0. The van der Waals surface area contributed by atoms with Gasteiger partial charge in [0, 0.05) is 25.2 Å². The smallest absolute Gasteiger partial charge is 0.255 e. The molecule has 25 heavy (non-hydrogen) atoms. The van der Waals surface area contributed by atoms with Gasteiger partial charge in [0.05, 0.1) is 12.7 Å². The molecule has 0 atom stereocenters. The van der Waals surface area contributed by atoms with Gasteiger partial charge >= 0.3 is 0 Å². The molecule has 5 nitrogen and oxygen atoms in total. The number of rotatable bonds is 5. The molecule has 1 aliphatic heterocycles. The van der Waals surface area contributed by atoms with Gasteiger partial charge in [0.1, 0.15) is 5.75 Å². The molecule has 0 spiro atoms. The number of anilines is 1. The maximum absolute atomic E-state index is 12.4. The van der Waals surface area contributed by atoms with Gasteiger partial charge in [-0.1, -0.05) is 23.8 Å². The lowest BCUT2D eigenvalue weighted by Gasteiger charge is -2.16. The number of hydrogen-bond donors (Lipinski definition) is 1. The zero-order valence-corrected chi connectivity index (χ0v) is 14.5. The Morgan fingerprint density at radius 3 is 2.60 bits per heavy atom. The number of nitrogens with zero attached hydrogens (tertiary/aromatic N) is 1. The normalized spacial score (nSPS) is 13.8. The number of carbonyl (C=O) groups is 2. The lowest BCUT2D eigenvalue weighted by Crippen LogP contribution is -2.24. The summed E-state index contributed by atoms with van der Waals surface area (Å²) in [6.45, 7) is 3.14. The molecule has 0 unspecified atom stereocenters. The first kappa shape index (κ1) is 17.0. The maximum atomic E-state index is 12.4. The molecule has 1 N–H and O–H groups in total. The van der Waals surface area contributed by atoms with Crippen LogP contribution in [-0.4, -0.2) is 25.5 Å². The molecule has 1 saturated heterocycles. The van der Waals surface area contributed by atoms with E-state index in [0.717, 1.165) is 29.8 Å². The van der Waals surface area contributed by atoms with Crippen LogP contribution < -0.4 is 15.0 Å². The molecule has 0 bridgehead atoms. The minimum atomic E-state index is -0.167. The summed E-state index contributed by atoms with van der Waals surface area (Å²) in [5.41, 5.74) is 3.43. The number of ether oxygens (including phenoxy) is 1. The fraction of sp³-hybridized carbons (Fsp3) is 0.300. The number of nitrogens with one attached hydrogen (secondary N) is 1. The highest BCUT2D eigenvalue weighted by Gasteiger charge is 2.21. The largest absolute Gasteiger partial charge is 0.496 e. The van der Waals surface area contributed by atoms with Crippen molar-refractivity contribution in [3.05, 3.63) is 59.2 Å². The first-order valence-corrected chi connectivity index (χ1v) is 8.40. The van der Waals surface area contributed by atoms with Crippen LogP contribution in [0.4, 0.5) is 5.69 Å². The summed E-state index contributed by atoms with van der Waals surface area (Å²) in [7, 11) is 1.56. The second-order valence-electron chi connectivity index (χ2n) is 6.20. The lowest BCUT2D eigenvalue weighted by molar-refractivity contribution is -0.117. The Labute approximate surface area is 147 Å². The predicted molar refractivity (Wildman–Crippen MR) is 96.9 cm³/mol. The van der Waals surface area contributed by atoms with Crippen LogP contribution >= 0.6 is 0 Å². The molecular weight excluding hydrogens is 316 g/mol. The Hall–Kier alpha value is -2.82. The fourth-order valence-electron chi connectivity index (χ4n) is 2.99. The van der Waals surface area contributed by atoms with Gasteiger partial charge in [-0.15, -0.1) is 0 Å². The van der Waals surface area contributed by atoms with Gasteiger partial charge in [0.15, 0.2) is 0 Å². The summed E-state index contributed by atoms with van der Waals surface area (Å²) in [5, 5.41) is 2.92. The SMILES string of the molecule is COc1ccc(C)cc1C(=O)NCc1ccc(N2CCCC2=O)cc1. The molecule has 130 valence electrons. The van der Waals surface area contributed by atoms with Gasteiger partial charge in [0.25, 0.3) is 5.91 Å². The van der Waals surface area contributed by atoms with E-state index in [1.54, 1.807) is 18.1 Å². The van der Waals surface area contributed by atoms with Crippen LogP contribution in [0.5, 0.6) is 5.75 Å². The van der Waals surface area contributed by atoms with Gasteiger partial charge in [-0.05, 0) is 43.2 Å². The summed E-state index contributed by atoms with van der Waals surface area (Å²) in [5.74, 6) is 0.568. The van der Waals surface area contributed by atoms with Gasteiger partial charge < -0.3 is 15.0 Å². The molecule has 1 fully saturated rings. The second kappa shape index (κ2) is 7.38. The van der Waals surface area contributed by atoms with Gasteiger partial charge in [-0.25, -0.2) is 0 Å². The second-order valence-corrected chi connectivity index (χ2v) is 6.20. The average molecular weight is 338 g/mol. The van der Waals surface area contributed by atoms with Crippen LogP contribution in [-0.2, 0) is 11.3 Å². The Kier molecular flexibility index (Phi) is 5.03. The Bertz CT molecular complexity index is 784. The van der Waals surface area contributed by atoms with Crippen LogP contribution in [0.3, 0.4) is 0 Å². The molecule has 2 aromatic carbocycles. The van der Waals surface area contributed by atoms with Gasteiger partial charge in [0.2, 0.25) is 5.91 Å². The van der Waals surface area contributed by atoms with E-state index in [1.165, 1.54) is 0 Å². The van der Waals surface area contributed by atoms with Gasteiger partial charge in [-0.3, -0.25) is 9.59 Å². The van der Waals surface area contributed by atoms with Crippen molar-refractivity contribution in [3.63, 3.8) is 0 Å². The van der Waals surface area contributed by atoms with Crippen LogP contribution in [0.1, 0.15) is 34.3 Å². The topological polar surface area (TPSA) is 58.6 Å². The lowest BCUT2D eigenvalue weighted by atomic mass is 10.1. The van der Waals surface area contributed by atoms with E-state index in [-0.39, 0.29) is 11.8 Å². The highest BCUT2D eigenvalue weighted by Crippen LogP contribution is 2.22. The van der Waals surface area contributed by atoms with E-state index >= 15 is 0 Å². The Morgan fingerprint density at radius 1 is 1.20 bits per heavy atom. The molecule has 3 rings (SSSR count). The zero-order chi connectivity index (χ0) is 17.8. The fourth-order valence-corrected chi connectivity index (χ4v) is 2.99. The van der Waals surface area contributed by atoms with E-state index in [1.807, 2.05) is 43.3 Å². The Balaban J connectivity index is 1.64. The van der Waals surface area contributed by atoms with Crippen LogP contribution in [0, 0.1) is 6.92 Å². The van der Waals surface area contributed by atoms with E-state index in [9.17, 15) is 9.59 Å². The van der Waals surface area contributed by atoms with E-state index in [0.29, 0.717) is 24.3 Å². The third kappa shape index (κ3) is 3.82. The van der Waals surface area contributed by atoms with Gasteiger partial charge in [-0.2, -0.15) is 0 Å². The molecule has 2 amide bonds. The van der Waals surface area contributed by atoms with Crippen LogP contribution in [0.15, 0.2) is 42.5 Å². The number of aryl methyl sites for hydroxylation is 1. The first-order chi connectivity index (χ1) is 12.1. The molecule has 0 aromatic heterocycles. The van der Waals surface area contributed by atoms with Crippen molar-refractivity contribution in [3.8, 4) is 5.75 Å². The standard InChI is InChI=1S/C20H22N2O3/c1-14-5-10-18(25-2)17(12-14)20(24)21-13-15-6-8-16(9-7-15)22-11-3-4-19(22)23/h5-10,12H,3-4,11,13H2,1-2H3,(H,21,24). The van der Waals surface area contributed by atoms with Crippen molar-refractivity contribution in [2.24, 2.45) is 0 Å². The highest BCUT2D eigenvalue weighted by molar-refractivity contribution is 5.97. The van der Waals surface area contributed by atoms with Crippen molar-refractivity contribution < 1.29 is 14.3 Å². The molecule has 5 heteroatoms. The predicted octanol–water partition coefficient (Wildman–Crippen LogP) is 3.06. The summed E-state index contributed by atoms with van der Waals surface area (Å²) >= 11 is 0. The Morgan fingerprint density at radius 2 is 1.96 bits per heavy atom. The van der Waals surface area contributed by atoms with E-state index < -0.39 is 0 Å². The van der Waals surface area contributed by atoms with Crippen LogP contribution in [0.2, 0.25) is 0 Å². The first-order valence-electron chi connectivity index (χ1n) is 8.40. The van der Waals surface area contributed by atoms with Crippen molar-refractivity contribution in [1.82, 2.24) is 5.32 Å². The number of carbonyl (C=O) groups excluding carboxylic acids is 2. The molecule has 0 aliphatic carbocycles. The minimum Gasteiger partial charge on any atom is -0.496 e. The third-order valence-electron chi connectivity index (χ3n) is 4.37. The zero-order valence-electron chi connectivity index (χ0n) is 14.5. The molecule has 0 radical (unpaired) electrons. The van der Waals surface area contributed by atoms with Crippen molar-refractivity contribution in [1.29, 1.82) is 0 Å². The van der Waals surface area contributed by atoms with E-state index in [4.69, 9.17) is 4.74 Å². The minimum absolute atomic E-state index is 0.167.